The maximum Gasteiger partial charge on any atom is 0.251 e. The van der Waals surface area contributed by atoms with E-state index in [-0.39, 0.29) is 22.9 Å². The molecule has 0 bridgehead atoms. The topological polar surface area (TPSA) is 105 Å². The molecule has 3 rings (SSSR count). The summed E-state index contributed by atoms with van der Waals surface area (Å²) in [5.41, 5.74) is 1.09. The van der Waals surface area contributed by atoms with Crippen LogP contribution in [0.4, 0.5) is 0 Å². The van der Waals surface area contributed by atoms with Gasteiger partial charge in [0.05, 0.1) is 10.9 Å². The lowest BCUT2D eigenvalue weighted by Gasteiger charge is -2.17. The Morgan fingerprint density at radius 2 is 1.87 bits per heavy atom. The van der Waals surface area contributed by atoms with Crippen molar-refractivity contribution in [1.29, 1.82) is 0 Å². The average Bonchev–Trinajstić information content (AvgIpc) is 3.14. The van der Waals surface area contributed by atoms with Crippen molar-refractivity contribution in [2.24, 2.45) is 0 Å². The lowest BCUT2D eigenvalue weighted by atomic mass is 10.1. The van der Waals surface area contributed by atoms with Crippen molar-refractivity contribution in [1.82, 2.24) is 24.6 Å². The van der Waals surface area contributed by atoms with E-state index in [4.69, 9.17) is 0 Å². The minimum atomic E-state index is -3.60. The number of hydrogen-bond donors (Lipinski definition) is 2. The van der Waals surface area contributed by atoms with Crippen LogP contribution in [0.3, 0.4) is 0 Å². The Balaban J connectivity index is 1.81. The van der Waals surface area contributed by atoms with Crippen molar-refractivity contribution in [3.05, 3.63) is 60.0 Å². The van der Waals surface area contributed by atoms with E-state index in [2.05, 4.69) is 20.2 Å². The number of nitrogens with one attached hydrogen (secondary N) is 2. The number of nitrogens with zero attached hydrogens (tertiary/aromatic N) is 3. The van der Waals surface area contributed by atoms with Gasteiger partial charge < -0.3 is 5.32 Å². The highest BCUT2D eigenvalue weighted by molar-refractivity contribution is 7.98. The Kier molecular flexibility index (Phi) is 7.11. The fourth-order valence-electron chi connectivity index (χ4n) is 3.00. The Morgan fingerprint density at radius 1 is 1.13 bits per heavy atom. The third-order valence-corrected chi connectivity index (χ3v) is 6.70. The molecule has 30 heavy (non-hydrogen) atoms. The van der Waals surface area contributed by atoms with E-state index in [0.29, 0.717) is 23.5 Å². The van der Waals surface area contributed by atoms with Gasteiger partial charge in [-0.3, -0.25) is 9.20 Å². The Labute approximate surface area is 180 Å². The number of sulfonamides is 1. The molecule has 0 aliphatic carbocycles. The van der Waals surface area contributed by atoms with Gasteiger partial charge in [0, 0.05) is 17.8 Å². The summed E-state index contributed by atoms with van der Waals surface area (Å²) >= 11 is 1.68. The first kappa shape index (κ1) is 22.3. The number of fused-ring (bicyclic) bond motifs is 1. The molecular formula is C20H25N5O3S2. The second kappa shape index (κ2) is 9.59. The molecule has 0 fully saturated rings. The van der Waals surface area contributed by atoms with Crippen molar-refractivity contribution in [3.8, 4) is 0 Å². The normalized spacial score (nSPS) is 12.9. The third-order valence-electron chi connectivity index (χ3n) is 4.39. The Bertz CT molecular complexity index is 1110. The number of rotatable bonds is 9. The number of carbonyl (C=O) groups excluding carboxylic acids is 1. The minimum Gasteiger partial charge on any atom is -0.342 e. The van der Waals surface area contributed by atoms with E-state index >= 15 is 0 Å². The van der Waals surface area contributed by atoms with E-state index in [9.17, 15) is 13.2 Å². The fourth-order valence-corrected chi connectivity index (χ4v) is 4.73. The summed E-state index contributed by atoms with van der Waals surface area (Å²) in [7, 11) is -3.60. The molecule has 2 N–H and O–H groups in total. The summed E-state index contributed by atoms with van der Waals surface area (Å²) in [6, 6.07) is 11.0. The molecular weight excluding hydrogens is 422 g/mol. The molecule has 10 heteroatoms. The van der Waals surface area contributed by atoms with Crippen LogP contribution in [0.25, 0.3) is 5.65 Å². The van der Waals surface area contributed by atoms with Crippen LogP contribution >= 0.6 is 11.8 Å². The highest BCUT2D eigenvalue weighted by Gasteiger charge is 2.22. The number of benzene rings is 1. The van der Waals surface area contributed by atoms with Gasteiger partial charge in [-0.05, 0) is 68.7 Å². The van der Waals surface area contributed by atoms with Crippen LogP contribution in [0, 0.1) is 0 Å². The van der Waals surface area contributed by atoms with Gasteiger partial charge in [0.15, 0.2) is 11.5 Å². The fraction of sp³-hybridized carbons (Fsp3) is 0.350. The molecule has 0 spiro atoms. The molecule has 3 aromatic rings. The van der Waals surface area contributed by atoms with Crippen LogP contribution < -0.4 is 10.0 Å². The molecule has 1 aromatic carbocycles. The Morgan fingerprint density at radius 3 is 2.53 bits per heavy atom. The van der Waals surface area contributed by atoms with Gasteiger partial charge >= 0.3 is 0 Å². The zero-order valence-electron chi connectivity index (χ0n) is 17.1. The van der Waals surface area contributed by atoms with E-state index < -0.39 is 10.0 Å². The first-order valence-corrected chi connectivity index (χ1v) is 12.4. The van der Waals surface area contributed by atoms with E-state index in [0.717, 1.165) is 5.75 Å². The standard InChI is InChI=1S/C20H25N5O3S2/c1-14(2)24-30(27,28)16-9-7-15(8-10-16)20(26)21-17(11-13-29-3)19-23-22-18-6-4-5-12-25(18)19/h4-10,12,14,17,24H,11,13H2,1-3H3,(H,21,26). The molecule has 0 aliphatic rings. The first-order chi connectivity index (χ1) is 14.3. The second-order valence-electron chi connectivity index (χ2n) is 7.09. The highest BCUT2D eigenvalue weighted by atomic mass is 32.2. The van der Waals surface area contributed by atoms with Gasteiger partial charge in [-0.15, -0.1) is 10.2 Å². The van der Waals surface area contributed by atoms with Gasteiger partial charge in [0.1, 0.15) is 0 Å². The van der Waals surface area contributed by atoms with Crippen molar-refractivity contribution < 1.29 is 13.2 Å². The van der Waals surface area contributed by atoms with Crippen LogP contribution in [-0.4, -0.2) is 47.0 Å². The molecule has 1 atom stereocenters. The molecule has 0 aliphatic heterocycles. The lowest BCUT2D eigenvalue weighted by Crippen LogP contribution is -2.31. The van der Waals surface area contributed by atoms with Crippen molar-refractivity contribution in [2.45, 2.75) is 37.2 Å². The number of aromatic nitrogens is 3. The second-order valence-corrected chi connectivity index (χ2v) is 9.79. The summed E-state index contributed by atoms with van der Waals surface area (Å²) in [5.74, 6) is 1.20. The quantitative estimate of drug-likeness (QED) is 0.522. The number of amides is 1. The molecule has 160 valence electrons. The van der Waals surface area contributed by atoms with Gasteiger partial charge in [0.2, 0.25) is 10.0 Å². The van der Waals surface area contributed by atoms with Gasteiger partial charge in [-0.25, -0.2) is 13.1 Å². The van der Waals surface area contributed by atoms with Crippen LogP contribution in [0.5, 0.6) is 0 Å². The van der Waals surface area contributed by atoms with E-state index in [1.807, 2.05) is 35.1 Å². The van der Waals surface area contributed by atoms with Crippen molar-refractivity contribution in [3.63, 3.8) is 0 Å². The molecule has 8 nitrogen and oxygen atoms in total. The van der Waals surface area contributed by atoms with E-state index in [1.54, 1.807) is 25.6 Å². The van der Waals surface area contributed by atoms with Crippen molar-refractivity contribution >= 4 is 33.3 Å². The Hall–Kier alpha value is -2.43. The number of carbonyl (C=O) groups is 1. The maximum absolute atomic E-state index is 12.8. The number of hydrogen-bond acceptors (Lipinski definition) is 6. The maximum atomic E-state index is 12.8. The monoisotopic (exact) mass is 447 g/mol. The first-order valence-electron chi connectivity index (χ1n) is 9.53. The van der Waals surface area contributed by atoms with E-state index in [1.165, 1.54) is 24.3 Å². The SMILES string of the molecule is CSCCC(NC(=O)c1ccc(S(=O)(=O)NC(C)C)cc1)c1nnc2ccccn12. The predicted molar refractivity (Wildman–Crippen MR) is 118 cm³/mol. The van der Waals surface area contributed by atoms with Crippen LogP contribution in [0.2, 0.25) is 0 Å². The van der Waals surface area contributed by atoms with Gasteiger partial charge in [-0.2, -0.15) is 11.8 Å². The average molecular weight is 448 g/mol. The smallest absolute Gasteiger partial charge is 0.251 e. The molecule has 1 amide bonds. The number of pyridine rings is 1. The van der Waals surface area contributed by atoms with Gasteiger partial charge in [-0.1, -0.05) is 6.07 Å². The summed E-state index contributed by atoms with van der Waals surface area (Å²) in [6.07, 6.45) is 4.56. The third kappa shape index (κ3) is 5.18. The summed E-state index contributed by atoms with van der Waals surface area (Å²) in [6.45, 7) is 3.50. The van der Waals surface area contributed by atoms with Crippen LogP contribution in [-0.2, 0) is 10.0 Å². The summed E-state index contributed by atoms with van der Waals surface area (Å²) in [5, 5.41) is 11.5. The molecule has 0 saturated heterocycles. The zero-order valence-corrected chi connectivity index (χ0v) is 18.7. The van der Waals surface area contributed by atoms with Crippen molar-refractivity contribution in [2.75, 3.05) is 12.0 Å². The molecule has 2 aromatic heterocycles. The minimum absolute atomic E-state index is 0.120. The van der Waals surface area contributed by atoms with Crippen LogP contribution in [0.1, 0.15) is 42.5 Å². The zero-order chi connectivity index (χ0) is 21.7. The highest BCUT2D eigenvalue weighted by Crippen LogP contribution is 2.19. The molecule has 1 unspecified atom stereocenters. The molecule has 0 saturated carbocycles. The van der Waals surface area contributed by atoms with Gasteiger partial charge in [0.25, 0.3) is 5.91 Å². The lowest BCUT2D eigenvalue weighted by molar-refractivity contribution is 0.0933. The largest absolute Gasteiger partial charge is 0.342 e. The predicted octanol–water partition coefficient (Wildman–Crippen LogP) is 2.64. The molecule has 2 heterocycles. The summed E-state index contributed by atoms with van der Waals surface area (Å²) in [4.78, 5) is 13.0. The summed E-state index contributed by atoms with van der Waals surface area (Å²) < 4.78 is 28.9. The van der Waals surface area contributed by atoms with Crippen LogP contribution in [0.15, 0.2) is 53.6 Å². The number of thioether (sulfide) groups is 1. The molecule has 0 radical (unpaired) electrons.